The van der Waals surface area contributed by atoms with E-state index in [-0.39, 0.29) is 10.9 Å². The molecule has 2 aromatic carbocycles. The number of nitrogen functional groups attached to an aromatic ring is 1. The summed E-state index contributed by atoms with van der Waals surface area (Å²) in [5, 5.41) is 0. The topological polar surface area (TPSA) is 72.2 Å². The maximum absolute atomic E-state index is 12.4. The van der Waals surface area contributed by atoms with E-state index in [1.54, 1.807) is 43.3 Å². The largest absolute Gasteiger partial charge is 0.399 e. The Balaban J connectivity index is 2.29. The van der Waals surface area contributed by atoms with Crippen LogP contribution in [-0.2, 0) is 10.0 Å². The lowest BCUT2D eigenvalue weighted by Gasteiger charge is -2.16. The van der Waals surface area contributed by atoms with E-state index in [0.717, 1.165) is 10.0 Å². The maximum Gasteiger partial charge on any atom is 0.242 e. The van der Waals surface area contributed by atoms with Crippen molar-refractivity contribution in [1.82, 2.24) is 4.72 Å². The minimum Gasteiger partial charge on any atom is -0.399 e. The highest BCUT2D eigenvalue weighted by atomic mass is 79.9. The van der Waals surface area contributed by atoms with Crippen LogP contribution in [0.2, 0.25) is 0 Å². The van der Waals surface area contributed by atoms with Gasteiger partial charge in [0.1, 0.15) is 0 Å². The summed E-state index contributed by atoms with van der Waals surface area (Å²) in [4.78, 5) is 0.196. The molecule has 21 heavy (non-hydrogen) atoms. The summed E-state index contributed by atoms with van der Waals surface area (Å²) in [6.07, 6.45) is 0. The van der Waals surface area contributed by atoms with Crippen LogP contribution in [0.4, 0.5) is 5.69 Å². The van der Waals surface area contributed by atoms with Gasteiger partial charge in [0.25, 0.3) is 0 Å². The van der Waals surface area contributed by atoms with Gasteiger partial charge in [0, 0.05) is 20.7 Å². The maximum atomic E-state index is 12.4. The van der Waals surface area contributed by atoms with E-state index in [2.05, 4.69) is 36.6 Å². The summed E-state index contributed by atoms with van der Waals surface area (Å²) in [7, 11) is -3.63. The Morgan fingerprint density at radius 1 is 1.14 bits per heavy atom. The molecule has 0 saturated carbocycles. The van der Waals surface area contributed by atoms with Crippen LogP contribution in [0.3, 0.4) is 0 Å². The van der Waals surface area contributed by atoms with Crippen LogP contribution in [0.15, 0.2) is 56.3 Å². The fourth-order valence-electron chi connectivity index (χ4n) is 1.89. The number of hydrogen-bond donors (Lipinski definition) is 2. The van der Waals surface area contributed by atoms with E-state index in [1.165, 1.54) is 0 Å². The summed E-state index contributed by atoms with van der Waals surface area (Å²) in [5.41, 5.74) is 7.13. The van der Waals surface area contributed by atoms with Crippen molar-refractivity contribution < 1.29 is 8.42 Å². The second kappa shape index (κ2) is 6.48. The van der Waals surface area contributed by atoms with E-state index in [0.29, 0.717) is 10.2 Å². The first-order valence-corrected chi connectivity index (χ1v) is 9.19. The number of rotatable bonds is 4. The molecule has 0 aromatic heterocycles. The SMILES string of the molecule is CC(NS(=O)(=O)c1ccc(Br)cc1Br)c1cccc(N)c1. The molecule has 0 bridgehead atoms. The van der Waals surface area contributed by atoms with Gasteiger partial charge in [-0.3, -0.25) is 0 Å². The van der Waals surface area contributed by atoms with Gasteiger partial charge < -0.3 is 5.73 Å². The second-order valence-corrected chi connectivity index (χ2v) is 8.04. The second-order valence-electron chi connectivity index (χ2n) is 4.59. The van der Waals surface area contributed by atoms with Crippen LogP contribution >= 0.6 is 31.9 Å². The monoisotopic (exact) mass is 432 g/mol. The molecule has 3 N–H and O–H groups in total. The number of anilines is 1. The zero-order chi connectivity index (χ0) is 15.6. The van der Waals surface area contributed by atoms with Gasteiger partial charge in [0.15, 0.2) is 0 Å². The molecule has 2 rings (SSSR count). The average Bonchev–Trinajstić information content (AvgIpc) is 2.37. The third-order valence-corrected chi connectivity index (χ3v) is 5.94. The minimum atomic E-state index is -3.63. The van der Waals surface area contributed by atoms with Crippen LogP contribution in [0.25, 0.3) is 0 Å². The third kappa shape index (κ3) is 4.06. The first-order chi connectivity index (χ1) is 9.79. The van der Waals surface area contributed by atoms with Gasteiger partial charge in [-0.2, -0.15) is 0 Å². The molecule has 1 unspecified atom stereocenters. The number of benzene rings is 2. The number of sulfonamides is 1. The molecule has 0 saturated heterocycles. The molecule has 7 heteroatoms. The van der Waals surface area contributed by atoms with Gasteiger partial charge in [0.2, 0.25) is 10.0 Å². The van der Waals surface area contributed by atoms with Crippen molar-refractivity contribution >= 4 is 47.6 Å². The zero-order valence-corrected chi connectivity index (χ0v) is 15.2. The molecule has 0 aliphatic carbocycles. The standard InChI is InChI=1S/C14H14Br2N2O2S/c1-9(10-3-2-4-12(17)7-10)18-21(19,20)14-6-5-11(15)8-13(14)16/h2-9,18H,17H2,1H3. The highest BCUT2D eigenvalue weighted by Gasteiger charge is 2.21. The fourth-order valence-corrected chi connectivity index (χ4v) is 4.86. The molecule has 0 amide bonds. The molecule has 0 spiro atoms. The molecule has 4 nitrogen and oxygen atoms in total. The van der Waals surface area contributed by atoms with Crippen LogP contribution in [0.5, 0.6) is 0 Å². The van der Waals surface area contributed by atoms with Gasteiger partial charge >= 0.3 is 0 Å². The summed E-state index contributed by atoms with van der Waals surface area (Å²) in [6, 6.07) is 11.7. The molecule has 0 aliphatic heterocycles. The number of hydrogen-bond acceptors (Lipinski definition) is 3. The Morgan fingerprint density at radius 2 is 1.86 bits per heavy atom. The predicted octanol–water partition coefficient (Wildman–Crippen LogP) is 3.83. The van der Waals surface area contributed by atoms with Gasteiger partial charge in [-0.25, -0.2) is 13.1 Å². The van der Waals surface area contributed by atoms with E-state index in [9.17, 15) is 8.42 Å². The number of nitrogens with one attached hydrogen (secondary N) is 1. The zero-order valence-electron chi connectivity index (χ0n) is 11.2. The van der Waals surface area contributed by atoms with Crippen molar-refractivity contribution in [3.05, 3.63) is 57.0 Å². The van der Waals surface area contributed by atoms with Crippen molar-refractivity contribution in [3.8, 4) is 0 Å². The highest BCUT2D eigenvalue weighted by Crippen LogP contribution is 2.27. The molecular formula is C14H14Br2N2O2S. The van der Waals surface area contributed by atoms with Crippen LogP contribution in [-0.4, -0.2) is 8.42 Å². The average molecular weight is 434 g/mol. The Bertz CT molecular complexity index is 763. The smallest absolute Gasteiger partial charge is 0.242 e. The summed E-state index contributed by atoms with van der Waals surface area (Å²) in [5.74, 6) is 0. The Hall–Kier alpha value is -0.890. The van der Waals surface area contributed by atoms with Gasteiger partial charge in [0.05, 0.1) is 4.90 Å². The van der Waals surface area contributed by atoms with Gasteiger partial charge in [-0.15, -0.1) is 0 Å². The van der Waals surface area contributed by atoms with E-state index < -0.39 is 10.0 Å². The normalized spacial score (nSPS) is 13.1. The van der Waals surface area contributed by atoms with Crippen molar-refractivity contribution in [2.75, 3.05) is 5.73 Å². The molecule has 2 aromatic rings. The van der Waals surface area contributed by atoms with Crippen molar-refractivity contribution in [1.29, 1.82) is 0 Å². The minimum absolute atomic E-state index is 0.196. The van der Waals surface area contributed by atoms with Crippen LogP contribution in [0, 0.1) is 0 Å². The Labute approximate surface area is 141 Å². The Morgan fingerprint density at radius 3 is 2.48 bits per heavy atom. The predicted molar refractivity (Wildman–Crippen MR) is 91.4 cm³/mol. The number of halogens is 2. The quantitative estimate of drug-likeness (QED) is 0.719. The van der Waals surface area contributed by atoms with E-state index in [4.69, 9.17) is 5.73 Å². The molecule has 0 fully saturated rings. The van der Waals surface area contributed by atoms with Crippen molar-refractivity contribution in [2.45, 2.75) is 17.9 Å². The van der Waals surface area contributed by atoms with Crippen LogP contribution < -0.4 is 10.5 Å². The third-order valence-electron chi connectivity index (χ3n) is 2.93. The van der Waals surface area contributed by atoms with Crippen molar-refractivity contribution in [3.63, 3.8) is 0 Å². The van der Waals surface area contributed by atoms with Gasteiger partial charge in [-0.05, 0) is 58.7 Å². The summed E-state index contributed by atoms with van der Waals surface area (Å²) < 4.78 is 28.8. The fraction of sp³-hybridized carbons (Fsp3) is 0.143. The van der Waals surface area contributed by atoms with Crippen LogP contribution in [0.1, 0.15) is 18.5 Å². The molecule has 0 heterocycles. The highest BCUT2D eigenvalue weighted by molar-refractivity contribution is 9.11. The summed E-state index contributed by atoms with van der Waals surface area (Å²) in [6.45, 7) is 1.78. The van der Waals surface area contributed by atoms with Crippen molar-refractivity contribution in [2.24, 2.45) is 0 Å². The molecule has 112 valence electrons. The van der Waals surface area contributed by atoms with E-state index >= 15 is 0 Å². The first-order valence-electron chi connectivity index (χ1n) is 6.12. The lowest BCUT2D eigenvalue weighted by atomic mass is 10.1. The Kier molecular flexibility index (Phi) is 5.08. The lowest BCUT2D eigenvalue weighted by Crippen LogP contribution is -2.27. The first kappa shape index (κ1) is 16.5. The molecule has 0 aliphatic rings. The number of nitrogens with two attached hydrogens (primary N) is 1. The lowest BCUT2D eigenvalue weighted by molar-refractivity contribution is 0.566. The summed E-state index contributed by atoms with van der Waals surface area (Å²) >= 11 is 6.57. The molecule has 0 radical (unpaired) electrons. The van der Waals surface area contributed by atoms with Gasteiger partial charge in [-0.1, -0.05) is 28.1 Å². The molecule has 1 atom stereocenters. The molecular weight excluding hydrogens is 420 g/mol. The van der Waals surface area contributed by atoms with E-state index in [1.807, 2.05) is 6.07 Å².